The van der Waals surface area contributed by atoms with Crippen LogP contribution in [0.5, 0.6) is 0 Å². The molecule has 0 aromatic heterocycles. The highest BCUT2D eigenvalue weighted by Gasteiger charge is 2.24. The molecule has 0 aliphatic carbocycles. The summed E-state index contributed by atoms with van der Waals surface area (Å²) < 4.78 is 4.60. The molecule has 7 nitrogen and oxygen atoms in total. The molecule has 108 valence electrons. The summed E-state index contributed by atoms with van der Waals surface area (Å²) in [7, 11) is 0. The number of ether oxygens (including phenoxy) is 1. The van der Waals surface area contributed by atoms with Crippen LogP contribution in [0.1, 0.15) is 17.3 Å². The fourth-order valence-electron chi connectivity index (χ4n) is 1.36. The Hall–Kier alpha value is -2.12. The van der Waals surface area contributed by atoms with Gasteiger partial charge in [-0.3, -0.25) is 4.79 Å². The van der Waals surface area contributed by atoms with Gasteiger partial charge >= 0.3 is 11.9 Å². The number of benzene rings is 1. The molecule has 0 saturated carbocycles. The Bertz CT molecular complexity index is 547. The van der Waals surface area contributed by atoms with Crippen LogP contribution in [0.2, 0.25) is 5.02 Å². The number of amides is 1. The summed E-state index contributed by atoms with van der Waals surface area (Å²) in [6.45, 7) is 1.65. The molecule has 0 radical (unpaired) electrons. The second-order valence-corrected chi connectivity index (χ2v) is 4.15. The highest BCUT2D eigenvalue weighted by Crippen LogP contribution is 2.21. The van der Waals surface area contributed by atoms with Crippen molar-refractivity contribution in [2.75, 3.05) is 11.9 Å². The number of carbonyl (C=O) groups is 3. The van der Waals surface area contributed by atoms with Gasteiger partial charge < -0.3 is 20.9 Å². The number of carboxylic acids is 1. The van der Waals surface area contributed by atoms with E-state index in [0.717, 1.165) is 0 Å². The Morgan fingerprint density at radius 3 is 2.65 bits per heavy atom. The van der Waals surface area contributed by atoms with Crippen LogP contribution in [0.4, 0.5) is 5.69 Å². The number of carboxylic acid groups (broad SMARTS) is 1. The minimum atomic E-state index is -1.55. The molecule has 1 amide bonds. The fourth-order valence-corrected chi connectivity index (χ4v) is 1.53. The van der Waals surface area contributed by atoms with Gasteiger partial charge in [0.15, 0.2) is 6.04 Å². The van der Waals surface area contributed by atoms with Gasteiger partial charge in [-0.1, -0.05) is 11.6 Å². The van der Waals surface area contributed by atoms with E-state index in [1.807, 2.05) is 0 Å². The topological polar surface area (TPSA) is 119 Å². The third-order valence-corrected chi connectivity index (χ3v) is 2.53. The SMILES string of the molecule is CCOC(=O)C(N)C(=O)Nc1cc(Cl)ccc1C(=O)O. The third kappa shape index (κ3) is 3.94. The first-order valence-electron chi connectivity index (χ1n) is 5.62. The first kappa shape index (κ1) is 15.9. The number of hydrogen-bond donors (Lipinski definition) is 3. The predicted octanol–water partition coefficient (Wildman–Crippen LogP) is 0.867. The van der Waals surface area contributed by atoms with E-state index in [2.05, 4.69) is 10.1 Å². The molecular formula is C12H13ClN2O5. The number of nitrogens with one attached hydrogen (secondary N) is 1. The molecule has 1 aromatic rings. The highest BCUT2D eigenvalue weighted by atomic mass is 35.5. The molecule has 1 rings (SSSR count). The maximum Gasteiger partial charge on any atom is 0.337 e. The molecule has 0 aliphatic rings. The van der Waals surface area contributed by atoms with E-state index < -0.39 is 23.9 Å². The zero-order valence-corrected chi connectivity index (χ0v) is 11.3. The van der Waals surface area contributed by atoms with Crippen LogP contribution in [0.15, 0.2) is 18.2 Å². The number of aromatic carboxylic acids is 1. The van der Waals surface area contributed by atoms with Crippen LogP contribution in [0.3, 0.4) is 0 Å². The molecule has 0 saturated heterocycles. The van der Waals surface area contributed by atoms with E-state index in [9.17, 15) is 14.4 Å². The van der Waals surface area contributed by atoms with Gasteiger partial charge in [0.25, 0.3) is 5.91 Å². The fraction of sp³-hybridized carbons (Fsp3) is 0.250. The van der Waals surface area contributed by atoms with Crippen LogP contribution >= 0.6 is 11.6 Å². The van der Waals surface area contributed by atoms with Crippen molar-refractivity contribution >= 4 is 35.1 Å². The van der Waals surface area contributed by atoms with E-state index in [1.165, 1.54) is 18.2 Å². The molecular weight excluding hydrogens is 288 g/mol. The molecule has 1 atom stereocenters. The first-order chi connectivity index (χ1) is 9.36. The van der Waals surface area contributed by atoms with Crippen LogP contribution in [0, 0.1) is 0 Å². The molecule has 20 heavy (non-hydrogen) atoms. The van der Waals surface area contributed by atoms with Crippen molar-refractivity contribution in [3.63, 3.8) is 0 Å². The van der Waals surface area contributed by atoms with Crippen molar-refractivity contribution in [1.82, 2.24) is 0 Å². The second kappa shape index (κ2) is 6.88. The molecule has 1 unspecified atom stereocenters. The average molecular weight is 301 g/mol. The molecule has 0 heterocycles. The second-order valence-electron chi connectivity index (χ2n) is 3.71. The zero-order valence-electron chi connectivity index (χ0n) is 10.6. The number of anilines is 1. The summed E-state index contributed by atoms with van der Waals surface area (Å²) in [4.78, 5) is 34.1. The van der Waals surface area contributed by atoms with E-state index in [-0.39, 0.29) is 22.9 Å². The summed E-state index contributed by atoms with van der Waals surface area (Å²) in [5.74, 6) is -3.03. The van der Waals surface area contributed by atoms with Crippen molar-refractivity contribution in [3.8, 4) is 0 Å². The van der Waals surface area contributed by atoms with Gasteiger partial charge in [0.05, 0.1) is 17.9 Å². The summed E-state index contributed by atoms with van der Waals surface area (Å²) in [6, 6.07) is 2.30. The van der Waals surface area contributed by atoms with Crippen LogP contribution in [-0.4, -0.2) is 35.6 Å². The lowest BCUT2D eigenvalue weighted by atomic mass is 10.1. The van der Waals surface area contributed by atoms with E-state index in [1.54, 1.807) is 6.92 Å². The lowest BCUT2D eigenvalue weighted by molar-refractivity contribution is -0.146. The Morgan fingerprint density at radius 2 is 2.10 bits per heavy atom. The normalized spacial score (nSPS) is 11.6. The molecule has 4 N–H and O–H groups in total. The smallest absolute Gasteiger partial charge is 0.337 e. The number of hydrogen-bond acceptors (Lipinski definition) is 5. The van der Waals surface area contributed by atoms with Crippen LogP contribution in [-0.2, 0) is 14.3 Å². The third-order valence-electron chi connectivity index (χ3n) is 2.29. The summed E-state index contributed by atoms with van der Waals surface area (Å²) in [5.41, 5.74) is 5.18. The van der Waals surface area contributed by atoms with Crippen LogP contribution in [0.25, 0.3) is 0 Å². The Kier molecular flexibility index (Phi) is 5.48. The lowest BCUT2D eigenvalue weighted by Crippen LogP contribution is -2.43. The van der Waals surface area contributed by atoms with E-state index >= 15 is 0 Å². The molecule has 0 spiro atoms. The zero-order chi connectivity index (χ0) is 15.3. The molecule has 8 heteroatoms. The minimum absolute atomic E-state index is 0.0465. The number of rotatable bonds is 5. The van der Waals surface area contributed by atoms with Crippen molar-refractivity contribution < 1.29 is 24.2 Å². The minimum Gasteiger partial charge on any atom is -0.478 e. The van der Waals surface area contributed by atoms with Gasteiger partial charge in [0, 0.05) is 5.02 Å². The van der Waals surface area contributed by atoms with Gasteiger partial charge in [-0.2, -0.15) is 0 Å². The number of esters is 1. The monoisotopic (exact) mass is 300 g/mol. The van der Waals surface area contributed by atoms with Crippen molar-refractivity contribution in [1.29, 1.82) is 0 Å². The van der Waals surface area contributed by atoms with Gasteiger partial charge in [-0.25, -0.2) is 9.59 Å². The summed E-state index contributed by atoms with van der Waals surface area (Å²) in [6.07, 6.45) is 0. The molecule has 0 bridgehead atoms. The molecule has 1 aromatic carbocycles. The Morgan fingerprint density at radius 1 is 1.45 bits per heavy atom. The average Bonchev–Trinajstić information content (AvgIpc) is 2.37. The Balaban J connectivity index is 2.92. The van der Waals surface area contributed by atoms with Crippen molar-refractivity contribution in [2.24, 2.45) is 5.73 Å². The number of carbonyl (C=O) groups excluding carboxylic acids is 2. The molecule has 0 aliphatic heterocycles. The summed E-state index contributed by atoms with van der Waals surface area (Å²) in [5, 5.41) is 11.5. The lowest BCUT2D eigenvalue weighted by Gasteiger charge is -2.13. The van der Waals surface area contributed by atoms with Crippen LogP contribution < -0.4 is 11.1 Å². The van der Waals surface area contributed by atoms with E-state index in [4.69, 9.17) is 22.4 Å². The molecule has 0 fully saturated rings. The van der Waals surface area contributed by atoms with Gasteiger partial charge in [0.2, 0.25) is 0 Å². The number of nitrogens with two attached hydrogens (primary N) is 1. The van der Waals surface area contributed by atoms with Gasteiger partial charge in [-0.15, -0.1) is 0 Å². The van der Waals surface area contributed by atoms with Gasteiger partial charge in [0.1, 0.15) is 0 Å². The predicted molar refractivity (Wildman–Crippen MR) is 71.6 cm³/mol. The van der Waals surface area contributed by atoms with E-state index in [0.29, 0.717) is 0 Å². The highest BCUT2D eigenvalue weighted by molar-refractivity contribution is 6.31. The van der Waals surface area contributed by atoms with Crippen molar-refractivity contribution in [3.05, 3.63) is 28.8 Å². The largest absolute Gasteiger partial charge is 0.478 e. The maximum absolute atomic E-state index is 11.7. The van der Waals surface area contributed by atoms with Gasteiger partial charge in [-0.05, 0) is 25.1 Å². The maximum atomic E-state index is 11.7. The quantitative estimate of drug-likeness (QED) is 0.548. The number of halogens is 1. The first-order valence-corrected chi connectivity index (χ1v) is 6.00. The Labute approximate surface area is 119 Å². The summed E-state index contributed by atoms with van der Waals surface area (Å²) >= 11 is 5.73. The standard InChI is InChI=1S/C12H13ClN2O5/c1-2-20-12(19)9(14)10(16)15-8-5-6(13)3-4-7(8)11(17)18/h3-5,9H,2,14H2,1H3,(H,15,16)(H,17,18). The van der Waals surface area contributed by atoms with Crippen molar-refractivity contribution in [2.45, 2.75) is 13.0 Å².